The summed E-state index contributed by atoms with van der Waals surface area (Å²) in [4.78, 5) is 10.1. The molecule has 0 atom stereocenters. The van der Waals surface area contributed by atoms with E-state index in [1.807, 2.05) is 24.4 Å². The van der Waals surface area contributed by atoms with Crippen molar-refractivity contribution in [2.75, 3.05) is 0 Å². The minimum Gasteiger partial charge on any atom is -0.284 e. The zero-order valence-corrected chi connectivity index (χ0v) is 22.1. The number of aromatic nitrogens is 3. The maximum Gasteiger partial charge on any atom is 0.165 e. The third-order valence-electron chi connectivity index (χ3n) is 8.37. The second-order valence-electron chi connectivity index (χ2n) is 10.7. The SMILES string of the molecule is c1cc(-c2ccc3c4ccccc4c4ccccc4c3c2)cc(-c2nc3c(nc4ccccn43)c3ccccc23)c1. The van der Waals surface area contributed by atoms with E-state index in [-0.39, 0.29) is 0 Å². The first-order valence-electron chi connectivity index (χ1n) is 13.9. The van der Waals surface area contributed by atoms with Gasteiger partial charge in [-0.2, -0.15) is 0 Å². The number of hydrogen-bond acceptors (Lipinski definition) is 2. The fourth-order valence-corrected chi connectivity index (χ4v) is 6.49. The lowest BCUT2D eigenvalue weighted by atomic mass is 9.91. The van der Waals surface area contributed by atoms with Crippen LogP contribution in [0.3, 0.4) is 0 Å². The maximum atomic E-state index is 5.22. The van der Waals surface area contributed by atoms with Gasteiger partial charge in [0.25, 0.3) is 0 Å². The van der Waals surface area contributed by atoms with Gasteiger partial charge in [-0.3, -0.25) is 4.40 Å². The lowest BCUT2D eigenvalue weighted by molar-refractivity contribution is 1.19. The van der Waals surface area contributed by atoms with Crippen molar-refractivity contribution in [1.82, 2.24) is 14.4 Å². The number of pyridine rings is 2. The summed E-state index contributed by atoms with van der Waals surface area (Å²) in [5.41, 5.74) is 7.14. The molecule has 0 aliphatic carbocycles. The van der Waals surface area contributed by atoms with Gasteiger partial charge in [-0.15, -0.1) is 0 Å². The molecule has 0 aliphatic rings. The van der Waals surface area contributed by atoms with E-state index >= 15 is 0 Å². The molecule has 6 aromatic carbocycles. The first-order chi connectivity index (χ1) is 20.3. The van der Waals surface area contributed by atoms with E-state index in [0.717, 1.165) is 38.8 Å². The number of nitrogens with zero attached hydrogens (tertiary/aromatic N) is 3. The average Bonchev–Trinajstić information content (AvgIpc) is 3.43. The molecule has 0 N–H and O–H groups in total. The van der Waals surface area contributed by atoms with Crippen molar-refractivity contribution in [3.63, 3.8) is 0 Å². The first-order valence-corrected chi connectivity index (χ1v) is 13.9. The molecule has 3 aromatic heterocycles. The van der Waals surface area contributed by atoms with Gasteiger partial charge in [0, 0.05) is 22.5 Å². The summed E-state index contributed by atoms with van der Waals surface area (Å²) >= 11 is 0. The third-order valence-corrected chi connectivity index (χ3v) is 8.37. The van der Waals surface area contributed by atoms with E-state index in [9.17, 15) is 0 Å². The van der Waals surface area contributed by atoms with E-state index in [0.29, 0.717) is 0 Å². The van der Waals surface area contributed by atoms with E-state index in [2.05, 4.69) is 120 Å². The van der Waals surface area contributed by atoms with Gasteiger partial charge in [0.05, 0.1) is 5.69 Å². The lowest BCUT2D eigenvalue weighted by Gasteiger charge is -2.13. The highest BCUT2D eigenvalue weighted by atomic mass is 15.1. The number of hydrogen-bond donors (Lipinski definition) is 0. The predicted molar refractivity (Wildman–Crippen MR) is 171 cm³/mol. The van der Waals surface area contributed by atoms with Crippen molar-refractivity contribution in [3.8, 4) is 22.4 Å². The van der Waals surface area contributed by atoms with Crippen LogP contribution in [-0.4, -0.2) is 14.4 Å². The van der Waals surface area contributed by atoms with Gasteiger partial charge in [0.15, 0.2) is 5.65 Å². The summed E-state index contributed by atoms with van der Waals surface area (Å²) in [5, 5.41) is 9.94. The highest BCUT2D eigenvalue weighted by Crippen LogP contribution is 2.38. The Kier molecular flexibility index (Phi) is 4.61. The van der Waals surface area contributed by atoms with Crippen LogP contribution < -0.4 is 0 Å². The van der Waals surface area contributed by atoms with Crippen LogP contribution in [0.1, 0.15) is 0 Å². The van der Waals surface area contributed by atoms with Crippen molar-refractivity contribution in [3.05, 3.63) is 140 Å². The van der Waals surface area contributed by atoms with E-state index in [1.54, 1.807) is 0 Å². The van der Waals surface area contributed by atoms with Crippen molar-refractivity contribution >= 4 is 59.9 Å². The molecule has 41 heavy (non-hydrogen) atoms. The predicted octanol–water partition coefficient (Wildman–Crippen LogP) is 9.83. The second kappa shape index (κ2) is 8.48. The van der Waals surface area contributed by atoms with Gasteiger partial charge >= 0.3 is 0 Å². The highest BCUT2D eigenvalue weighted by molar-refractivity contribution is 6.25. The normalized spacial score (nSPS) is 11.9. The van der Waals surface area contributed by atoms with Gasteiger partial charge < -0.3 is 0 Å². The van der Waals surface area contributed by atoms with Crippen molar-refractivity contribution in [1.29, 1.82) is 0 Å². The van der Waals surface area contributed by atoms with E-state index < -0.39 is 0 Å². The zero-order valence-electron chi connectivity index (χ0n) is 22.1. The monoisotopic (exact) mass is 521 g/mol. The summed E-state index contributed by atoms with van der Waals surface area (Å²) in [6.07, 6.45) is 2.04. The van der Waals surface area contributed by atoms with Crippen LogP contribution in [0.5, 0.6) is 0 Å². The average molecular weight is 522 g/mol. The highest BCUT2D eigenvalue weighted by Gasteiger charge is 2.16. The molecule has 9 aromatic rings. The van der Waals surface area contributed by atoms with Gasteiger partial charge in [0.1, 0.15) is 11.2 Å². The van der Waals surface area contributed by atoms with Crippen LogP contribution >= 0.6 is 0 Å². The molecule has 3 heteroatoms. The number of rotatable bonds is 2. The summed E-state index contributed by atoms with van der Waals surface area (Å²) in [6.45, 7) is 0. The molecule has 0 bridgehead atoms. The Labute approximate surface area is 236 Å². The Morgan fingerprint density at radius 1 is 0.390 bits per heavy atom. The Morgan fingerprint density at radius 2 is 0.976 bits per heavy atom. The van der Waals surface area contributed by atoms with Crippen LogP contribution in [0.15, 0.2) is 140 Å². The molecule has 0 saturated heterocycles. The molecule has 0 spiro atoms. The molecule has 0 radical (unpaired) electrons. The van der Waals surface area contributed by atoms with Gasteiger partial charge in [-0.25, -0.2) is 9.97 Å². The maximum absolute atomic E-state index is 5.22. The minimum absolute atomic E-state index is 0.878. The minimum atomic E-state index is 0.878. The van der Waals surface area contributed by atoms with Crippen LogP contribution in [0.25, 0.3) is 82.3 Å². The van der Waals surface area contributed by atoms with Crippen LogP contribution in [0, 0.1) is 0 Å². The molecule has 0 saturated carbocycles. The van der Waals surface area contributed by atoms with Crippen LogP contribution in [0.2, 0.25) is 0 Å². The Hall–Kier alpha value is -5.54. The molecular formula is C38H23N3. The Morgan fingerprint density at radius 3 is 1.73 bits per heavy atom. The zero-order chi connectivity index (χ0) is 26.9. The first kappa shape index (κ1) is 22.3. The molecule has 9 rings (SSSR count). The summed E-state index contributed by atoms with van der Waals surface area (Å²) in [6, 6.07) is 47.7. The molecule has 0 fully saturated rings. The number of imidazole rings is 1. The Balaban J connectivity index is 1.28. The van der Waals surface area contributed by atoms with Crippen molar-refractivity contribution in [2.45, 2.75) is 0 Å². The fraction of sp³-hybridized carbons (Fsp3) is 0. The molecular weight excluding hydrogens is 498 g/mol. The van der Waals surface area contributed by atoms with Crippen molar-refractivity contribution in [2.24, 2.45) is 0 Å². The second-order valence-corrected chi connectivity index (χ2v) is 10.7. The third kappa shape index (κ3) is 3.26. The molecule has 3 nitrogen and oxygen atoms in total. The number of fused-ring (bicyclic) bond motifs is 11. The van der Waals surface area contributed by atoms with E-state index in [1.165, 1.54) is 43.4 Å². The quantitative estimate of drug-likeness (QED) is 0.212. The van der Waals surface area contributed by atoms with Gasteiger partial charge in [0.2, 0.25) is 0 Å². The molecule has 0 unspecified atom stereocenters. The van der Waals surface area contributed by atoms with E-state index in [4.69, 9.17) is 9.97 Å². The van der Waals surface area contributed by atoms with Crippen LogP contribution in [0.4, 0.5) is 0 Å². The largest absolute Gasteiger partial charge is 0.284 e. The molecule has 190 valence electrons. The molecule has 3 heterocycles. The molecule has 0 amide bonds. The number of benzene rings is 6. The smallest absolute Gasteiger partial charge is 0.165 e. The standard InChI is InChI=1S/C38H23N3/c1-2-14-29-27(12-1)28-13-3-4-15-30(28)34-23-25(19-20-31(29)34)24-10-9-11-26(22-24)36-32-16-5-6-17-33(32)37-38(40-36)41-21-8-7-18-35(41)39-37/h1-23H. The lowest BCUT2D eigenvalue weighted by Crippen LogP contribution is -1.92. The van der Waals surface area contributed by atoms with Gasteiger partial charge in [-0.05, 0) is 67.7 Å². The summed E-state index contributed by atoms with van der Waals surface area (Å²) in [5.74, 6) is 0. The van der Waals surface area contributed by atoms with Crippen LogP contribution in [-0.2, 0) is 0 Å². The fourth-order valence-electron chi connectivity index (χ4n) is 6.49. The topological polar surface area (TPSA) is 30.2 Å². The summed E-state index contributed by atoms with van der Waals surface area (Å²) in [7, 11) is 0. The molecule has 0 aliphatic heterocycles. The van der Waals surface area contributed by atoms with Gasteiger partial charge in [-0.1, -0.05) is 109 Å². The van der Waals surface area contributed by atoms with Crippen molar-refractivity contribution < 1.29 is 0 Å². The summed E-state index contributed by atoms with van der Waals surface area (Å²) < 4.78 is 2.08. The Bertz CT molecular complexity index is 2450.